The van der Waals surface area contributed by atoms with Gasteiger partial charge in [-0.1, -0.05) is 19.8 Å². The SMILES string of the molecule is [C-]1=CC=CC1.[C-]1=CC=CC1.[CH-]=CCCC.[Cl-].[Zr+4]. The zero-order valence-corrected chi connectivity index (χ0v) is 13.5. The van der Waals surface area contributed by atoms with Crippen LogP contribution in [0.25, 0.3) is 0 Å². The second-order valence-electron chi connectivity index (χ2n) is 3.03. The fourth-order valence-corrected chi connectivity index (χ4v) is 0.847. The van der Waals surface area contributed by atoms with E-state index in [4.69, 9.17) is 6.58 Å². The molecule has 2 aliphatic rings. The molecule has 0 aliphatic heterocycles. The Morgan fingerprint density at radius 2 is 1.59 bits per heavy atom. The van der Waals surface area contributed by atoms with Gasteiger partial charge in [0.1, 0.15) is 0 Å². The van der Waals surface area contributed by atoms with Gasteiger partial charge in [0.05, 0.1) is 0 Å². The molecule has 90 valence electrons. The van der Waals surface area contributed by atoms with E-state index in [1.807, 2.05) is 24.3 Å². The number of hydrogen-bond acceptors (Lipinski definition) is 0. The summed E-state index contributed by atoms with van der Waals surface area (Å²) >= 11 is 0. The molecule has 0 saturated carbocycles. The van der Waals surface area contributed by atoms with Gasteiger partial charge in [0.15, 0.2) is 0 Å². The minimum Gasteiger partial charge on any atom is -1.00 e. The van der Waals surface area contributed by atoms with E-state index < -0.39 is 0 Å². The van der Waals surface area contributed by atoms with Crippen LogP contribution in [0.2, 0.25) is 0 Å². The van der Waals surface area contributed by atoms with Crippen molar-refractivity contribution in [3.05, 3.63) is 61.3 Å². The topological polar surface area (TPSA) is 0 Å². The van der Waals surface area contributed by atoms with Crippen molar-refractivity contribution in [3.63, 3.8) is 0 Å². The molecule has 0 unspecified atom stereocenters. The summed E-state index contributed by atoms with van der Waals surface area (Å²) < 4.78 is 0. The van der Waals surface area contributed by atoms with E-state index in [-0.39, 0.29) is 38.6 Å². The van der Waals surface area contributed by atoms with Gasteiger partial charge in [-0.3, -0.25) is 18.2 Å². The maximum Gasteiger partial charge on any atom is 4.00 e. The van der Waals surface area contributed by atoms with Crippen LogP contribution in [-0.2, 0) is 26.2 Å². The summed E-state index contributed by atoms with van der Waals surface area (Å²) in [5.74, 6) is 0. The van der Waals surface area contributed by atoms with Gasteiger partial charge in [-0.05, 0) is 0 Å². The normalized spacial score (nSPS) is 12.5. The molecule has 0 atom stereocenters. The summed E-state index contributed by atoms with van der Waals surface area (Å²) in [7, 11) is 0. The molecule has 0 bridgehead atoms. The molecule has 2 rings (SSSR count). The molecule has 0 N–H and O–H groups in total. The number of hydrogen-bond donors (Lipinski definition) is 0. The summed E-state index contributed by atoms with van der Waals surface area (Å²) in [5, 5.41) is 0. The molecular weight excluding hydrogens is 307 g/mol. The number of allylic oxidation sites excluding steroid dienone is 9. The molecule has 0 aromatic rings. The van der Waals surface area contributed by atoms with Crippen LogP contribution in [0.15, 0.2) is 42.5 Å². The molecule has 2 aliphatic carbocycles. The molecule has 0 radical (unpaired) electrons. The molecule has 0 aromatic heterocycles. The number of halogens is 1. The summed E-state index contributed by atoms with van der Waals surface area (Å²) in [6.45, 7) is 7.11. The summed E-state index contributed by atoms with van der Waals surface area (Å²) in [6.07, 6.45) is 23.9. The van der Waals surface area contributed by atoms with Crippen molar-refractivity contribution >= 4 is 0 Å². The van der Waals surface area contributed by atoms with Gasteiger partial charge in [-0.15, -0.1) is 12.8 Å². The average molecular weight is 326 g/mol. The first-order chi connectivity index (χ1) is 7.41. The van der Waals surface area contributed by atoms with Crippen LogP contribution in [0.1, 0.15) is 32.6 Å². The third-order valence-corrected chi connectivity index (χ3v) is 1.63. The summed E-state index contributed by atoms with van der Waals surface area (Å²) in [6, 6.07) is 0. The monoisotopic (exact) mass is 324 g/mol. The van der Waals surface area contributed by atoms with Crippen molar-refractivity contribution in [2.24, 2.45) is 0 Å². The second-order valence-corrected chi connectivity index (χ2v) is 3.03. The smallest absolute Gasteiger partial charge is 1.00 e. The van der Waals surface area contributed by atoms with Crippen LogP contribution in [0.3, 0.4) is 0 Å². The van der Waals surface area contributed by atoms with Gasteiger partial charge < -0.3 is 19.0 Å². The van der Waals surface area contributed by atoms with Crippen molar-refractivity contribution < 1.29 is 38.6 Å². The molecule has 17 heavy (non-hydrogen) atoms. The summed E-state index contributed by atoms with van der Waals surface area (Å²) in [5.41, 5.74) is 0. The van der Waals surface area contributed by atoms with E-state index in [1.54, 1.807) is 6.08 Å². The standard InChI is InChI=1S/2C5H5.C5H9.ClH.Zr/c2*1-2-4-5-3-1;1-3-5-4-2;;/h2*1-3H,4H2;1,3H,4-5H2,2H3;1H;/q3*-1;;+4/p-1. The molecule has 0 amide bonds. The van der Waals surface area contributed by atoms with Crippen molar-refractivity contribution in [3.8, 4) is 0 Å². The number of rotatable bonds is 2. The molecule has 0 spiro atoms. The quantitative estimate of drug-likeness (QED) is 0.673. The molecule has 0 nitrogen and oxygen atoms in total. The van der Waals surface area contributed by atoms with Gasteiger partial charge in [0.2, 0.25) is 0 Å². The predicted molar refractivity (Wildman–Crippen MR) is 66.9 cm³/mol. The van der Waals surface area contributed by atoms with Crippen molar-refractivity contribution in [1.82, 2.24) is 0 Å². The first-order valence-corrected chi connectivity index (χ1v) is 5.38. The van der Waals surface area contributed by atoms with Gasteiger partial charge in [-0.25, -0.2) is 24.3 Å². The predicted octanol–water partition coefficient (Wildman–Crippen LogP) is 1.39. The van der Waals surface area contributed by atoms with Gasteiger partial charge in [-0.2, -0.15) is 12.2 Å². The fraction of sp³-hybridized carbons (Fsp3) is 0.333. The Morgan fingerprint density at radius 3 is 1.65 bits per heavy atom. The van der Waals surface area contributed by atoms with E-state index in [2.05, 4.69) is 31.2 Å². The fourth-order valence-electron chi connectivity index (χ4n) is 0.847. The van der Waals surface area contributed by atoms with Crippen LogP contribution < -0.4 is 12.4 Å². The molecule has 0 fully saturated rings. The molecule has 2 heteroatoms. The Morgan fingerprint density at radius 1 is 1.12 bits per heavy atom. The van der Waals surface area contributed by atoms with Crippen LogP contribution in [-0.4, -0.2) is 0 Å². The van der Waals surface area contributed by atoms with E-state index in [0.717, 1.165) is 25.7 Å². The minimum absolute atomic E-state index is 0. The first-order valence-electron chi connectivity index (χ1n) is 5.38. The molecular formula is C15H19ClZr. The maximum atomic E-state index is 5.01. The summed E-state index contributed by atoms with van der Waals surface area (Å²) in [4.78, 5) is 0. The third-order valence-electron chi connectivity index (χ3n) is 1.63. The Kier molecular flexibility index (Phi) is 27.5. The van der Waals surface area contributed by atoms with Gasteiger partial charge in [0, 0.05) is 0 Å². The molecule has 0 saturated heterocycles. The van der Waals surface area contributed by atoms with E-state index in [1.165, 1.54) is 0 Å². The Labute approximate surface area is 132 Å². The third kappa shape index (κ3) is 21.7. The van der Waals surface area contributed by atoms with E-state index in [9.17, 15) is 0 Å². The van der Waals surface area contributed by atoms with Crippen LogP contribution in [0.4, 0.5) is 0 Å². The Hall–Kier alpha value is -0.127. The Bertz CT molecular complexity index is 208. The maximum absolute atomic E-state index is 5.01. The largest absolute Gasteiger partial charge is 4.00 e. The van der Waals surface area contributed by atoms with Crippen molar-refractivity contribution in [1.29, 1.82) is 0 Å². The second kappa shape index (κ2) is 21.2. The van der Waals surface area contributed by atoms with Gasteiger partial charge >= 0.3 is 26.2 Å². The van der Waals surface area contributed by atoms with Crippen LogP contribution in [0, 0.1) is 18.7 Å². The van der Waals surface area contributed by atoms with Crippen molar-refractivity contribution in [2.45, 2.75) is 32.6 Å². The first kappa shape index (κ1) is 22.1. The molecule has 0 aromatic carbocycles. The zero-order chi connectivity index (χ0) is 11.2. The van der Waals surface area contributed by atoms with Crippen LogP contribution >= 0.6 is 0 Å². The van der Waals surface area contributed by atoms with E-state index in [0.29, 0.717) is 0 Å². The number of unbranched alkanes of at least 4 members (excludes halogenated alkanes) is 1. The minimum atomic E-state index is 0. The molecule has 0 heterocycles. The Balaban J connectivity index is -0.000000163. The van der Waals surface area contributed by atoms with Crippen LogP contribution in [0.5, 0.6) is 0 Å². The van der Waals surface area contributed by atoms with Gasteiger partial charge in [0.25, 0.3) is 0 Å². The zero-order valence-electron chi connectivity index (χ0n) is 10.3. The van der Waals surface area contributed by atoms with Crippen molar-refractivity contribution in [2.75, 3.05) is 0 Å². The average Bonchev–Trinajstić information content (AvgIpc) is 2.99. The van der Waals surface area contributed by atoms with E-state index >= 15 is 0 Å².